The van der Waals surface area contributed by atoms with Gasteiger partial charge in [-0.2, -0.15) is 0 Å². The van der Waals surface area contributed by atoms with E-state index in [-0.39, 0.29) is 5.82 Å². The maximum absolute atomic E-state index is 13.6. The smallest absolute Gasteiger partial charge is 0.137 e. The molecular weight excluding hydrogens is 229 g/mol. The van der Waals surface area contributed by atoms with Crippen molar-refractivity contribution in [2.24, 2.45) is 0 Å². The minimum atomic E-state index is -0.377. The highest BCUT2D eigenvalue weighted by Gasteiger charge is 2.09. The van der Waals surface area contributed by atoms with E-state index in [0.717, 1.165) is 5.76 Å². The molecule has 0 aliphatic rings. The van der Waals surface area contributed by atoms with Crippen LogP contribution in [0.5, 0.6) is 0 Å². The van der Waals surface area contributed by atoms with Crippen LogP contribution in [0, 0.1) is 5.82 Å². The van der Waals surface area contributed by atoms with E-state index in [1.165, 1.54) is 6.07 Å². The van der Waals surface area contributed by atoms with Crippen molar-refractivity contribution in [2.75, 3.05) is 7.05 Å². The van der Waals surface area contributed by atoms with E-state index in [2.05, 4.69) is 5.32 Å². The summed E-state index contributed by atoms with van der Waals surface area (Å²) in [5.41, 5.74) is 0.423. The van der Waals surface area contributed by atoms with Crippen molar-refractivity contribution in [2.45, 2.75) is 6.54 Å². The quantitative estimate of drug-likeness (QED) is 0.888. The highest BCUT2D eigenvalue weighted by molar-refractivity contribution is 6.30. The molecule has 0 bridgehead atoms. The number of benzene rings is 1. The Bertz CT molecular complexity index is 496. The number of nitrogens with one attached hydrogen (secondary N) is 1. The van der Waals surface area contributed by atoms with Crippen LogP contribution in [0.2, 0.25) is 5.02 Å². The van der Waals surface area contributed by atoms with Gasteiger partial charge in [0.15, 0.2) is 0 Å². The van der Waals surface area contributed by atoms with E-state index in [1.807, 2.05) is 13.1 Å². The molecule has 0 fully saturated rings. The van der Waals surface area contributed by atoms with Crippen LogP contribution in [0.25, 0.3) is 11.3 Å². The van der Waals surface area contributed by atoms with Gasteiger partial charge < -0.3 is 9.73 Å². The first-order valence-electron chi connectivity index (χ1n) is 4.89. The predicted molar refractivity (Wildman–Crippen MR) is 61.9 cm³/mol. The topological polar surface area (TPSA) is 25.2 Å². The standard InChI is InChI=1S/C12H11ClFNO/c1-15-7-9-3-5-12(16-9)10-4-2-8(13)6-11(10)14/h2-6,15H,7H2,1H3. The lowest BCUT2D eigenvalue weighted by atomic mass is 10.1. The molecule has 0 atom stereocenters. The zero-order valence-corrected chi connectivity index (χ0v) is 9.51. The molecule has 2 aromatic rings. The SMILES string of the molecule is CNCc1ccc(-c2ccc(Cl)cc2F)o1. The second-order valence-corrected chi connectivity index (χ2v) is 3.86. The third-order valence-electron chi connectivity index (χ3n) is 2.21. The second kappa shape index (κ2) is 4.68. The minimum absolute atomic E-state index is 0.377. The van der Waals surface area contributed by atoms with Crippen molar-refractivity contribution in [1.82, 2.24) is 5.32 Å². The summed E-state index contributed by atoms with van der Waals surface area (Å²) in [6.07, 6.45) is 0. The van der Waals surface area contributed by atoms with Crippen LogP contribution in [-0.4, -0.2) is 7.05 Å². The Morgan fingerprint density at radius 3 is 2.81 bits per heavy atom. The van der Waals surface area contributed by atoms with Gasteiger partial charge in [0.05, 0.1) is 12.1 Å². The molecule has 1 N–H and O–H groups in total. The molecular formula is C12H11ClFNO. The molecule has 0 saturated carbocycles. The van der Waals surface area contributed by atoms with Crippen LogP contribution in [0.1, 0.15) is 5.76 Å². The van der Waals surface area contributed by atoms with Gasteiger partial charge >= 0.3 is 0 Å². The van der Waals surface area contributed by atoms with Crippen molar-refractivity contribution in [3.8, 4) is 11.3 Å². The van der Waals surface area contributed by atoms with Crippen molar-refractivity contribution >= 4 is 11.6 Å². The van der Waals surface area contributed by atoms with Gasteiger partial charge in [-0.05, 0) is 37.4 Å². The molecule has 84 valence electrons. The predicted octanol–water partition coefficient (Wildman–Crippen LogP) is 3.46. The average molecular weight is 240 g/mol. The van der Waals surface area contributed by atoms with Crippen LogP contribution in [0.3, 0.4) is 0 Å². The van der Waals surface area contributed by atoms with Gasteiger partial charge in [-0.15, -0.1) is 0 Å². The molecule has 0 radical (unpaired) electrons. The molecule has 16 heavy (non-hydrogen) atoms. The third kappa shape index (κ3) is 2.26. The first kappa shape index (κ1) is 11.2. The highest BCUT2D eigenvalue weighted by Crippen LogP contribution is 2.26. The molecule has 0 aliphatic heterocycles. The summed E-state index contributed by atoms with van der Waals surface area (Å²) in [5.74, 6) is 0.907. The lowest BCUT2D eigenvalue weighted by molar-refractivity contribution is 0.503. The first-order valence-corrected chi connectivity index (χ1v) is 5.27. The zero-order chi connectivity index (χ0) is 11.5. The fourth-order valence-corrected chi connectivity index (χ4v) is 1.64. The Morgan fingerprint density at radius 1 is 1.31 bits per heavy atom. The molecule has 0 spiro atoms. The summed E-state index contributed by atoms with van der Waals surface area (Å²) in [6, 6.07) is 8.09. The summed E-state index contributed by atoms with van der Waals surface area (Å²) in [4.78, 5) is 0. The number of furan rings is 1. The Hall–Kier alpha value is -1.32. The van der Waals surface area contributed by atoms with E-state index >= 15 is 0 Å². The lowest BCUT2D eigenvalue weighted by Crippen LogP contribution is -2.03. The van der Waals surface area contributed by atoms with Crippen molar-refractivity contribution in [3.05, 3.63) is 46.9 Å². The Morgan fingerprint density at radius 2 is 2.12 bits per heavy atom. The summed E-state index contributed by atoms with van der Waals surface area (Å²) in [7, 11) is 1.82. The Kier molecular flexibility index (Phi) is 3.27. The zero-order valence-electron chi connectivity index (χ0n) is 8.76. The molecule has 1 aromatic carbocycles. The number of hydrogen-bond acceptors (Lipinski definition) is 2. The van der Waals surface area contributed by atoms with E-state index in [1.54, 1.807) is 18.2 Å². The maximum Gasteiger partial charge on any atom is 0.137 e. The number of halogens is 2. The van der Waals surface area contributed by atoms with Crippen LogP contribution in [0.15, 0.2) is 34.7 Å². The monoisotopic (exact) mass is 239 g/mol. The van der Waals surface area contributed by atoms with E-state index in [9.17, 15) is 4.39 Å². The van der Waals surface area contributed by atoms with Crippen molar-refractivity contribution in [3.63, 3.8) is 0 Å². The highest BCUT2D eigenvalue weighted by atomic mass is 35.5. The van der Waals surface area contributed by atoms with E-state index in [4.69, 9.17) is 16.0 Å². The van der Waals surface area contributed by atoms with Gasteiger partial charge in [0.1, 0.15) is 17.3 Å². The minimum Gasteiger partial charge on any atom is -0.460 e. The third-order valence-corrected chi connectivity index (χ3v) is 2.44. The summed E-state index contributed by atoms with van der Waals surface area (Å²) in [5, 5.41) is 3.34. The summed E-state index contributed by atoms with van der Waals surface area (Å²) < 4.78 is 19.1. The van der Waals surface area contributed by atoms with Crippen LogP contribution in [0.4, 0.5) is 4.39 Å². The van der Waals surface area contributed by atoms with Gasteiger partial charge in [0.2, 0.25) is 0 Å². The van der Waals surface area contributed by atoms with Gasteiger partial charge in [-0.25, -0.2) is 4.39 Å². The molecule has 0 amide bonds. The Balaban J connectivity index is 2.35. The number of rotatable bonds is 3. The molecule has 1 heterocycles. The first-order chi connectivity index (χ1) is 7.70. The molecule has 1 aromatic heterocycles. The summed E-state index contributed by atoms with van der Waals surface area (Å²) >= 11 is 5.68. The molecule has 2 nitrogen and oxygen atoms in total. The van der Waals surface area contributed by atoms with Crippen LogP contribution < -0.4 is 5.32 Å². The van der Waals surface area contributed by atoms with Gasteiger partial charge in [0, 0.05) is 5.02 Å². The largest absolute Gasteiger partial charge is 0.460 e. The van der Waals surface area contributed by atoms with Gasteiger partial charge in [0.25, 0.3) is 0 Å². The van der Waals surface area contributed by atoms with Gasteiger partial charge in [-0.3, -0.25) is 0 Å². The fourth-order valence-electron chi connectivity index (χ4n) is 1.48. The second-order valence-electron chi connectivity index (χ2n) is 3.42. The molecule has 4 heteroatoms. The number of hydrogen-bond donors (Lipinski definition) is 1. The molecule has 2 rings (SSSR count). The van der Waals surface area contributed by atoms with Gasteiger partial charge in [-0.1, -0.05) is 11.6 Å². The Labute approximate surface area is 98.0 Å². The average Bonchev–Trinajstić information content (AvgIpc) is 2.67. The van der Waals surface area contributed by atoms with Crippen molar-refractivity contribution < 1.29 is 8.81 Å². The fraction of sp³-hybridized carbons (Fsp3) is 0.167. The van der Waals surface area contributed by atoms with E-state index < -0.39 is 0 Å². The maximum atomic E-state index is 13.6. The normalized spacial score (nSPS) is 10.7. The summed E-state index contributed by atoms with van der Waals surface area (Å²) in [6.45, 7) is 0.620. The molecule has 0 aliphatic carbocycles. The van der Waals surface area contributed by atoms with E-state index in [0.29, 0.717) is 22.9 Å². The van der Waals surface area contributed by atoms with Crippen LogP contribution >= 0.6 is 11.6 Å². The van der Waals surface area contributed by atoms with Crippen LogP contribution in [-0.2, 0) is 6.54 Å². The van der Waals surface area contributed by atoms with Crippen molar-refractivity contribution in [1.29, 1.82) is 0 Å². The molecule has 0 saturated heterocycles. The molecule has 0 unspecified atom stereocenters. The lowest BCUT2D eigenvalue weighted by Gasteiger charge is -2.00.